The van der Waals surface area contributed by atoms with Crippen molar-refractivity contribution in [3.8, 4) is 0 Å². The van der Waals surface area contributed by atoms with Crippen LogP contribution in [0.1, 0.15) is 31.2 Å². The second-order valence-electron chi connectivity index (χ2n) is 6.38. The fourth-order valence-corrected chi connectivity index (χ4v) is 3.96. The van der Waals surface area contributed by atoms with E-state index in [-0.39, 0.29) is 0 Å². The molecule has 1 saturated carbocycles. The molecule has 0 amide bonds. The Balaban J connectivity index is 1.79. The van der Waals surface area contributed by atoms with Gasteiger partial charge in [0.05, 0.1) is 0 Å². The molecule has 2 heterocycles. The highest BCUT2D eigenvalue weighted by Crippen LogP contribution is 2.38. The fourth-order valence-electron chi connectivity index (χ4n) is 3.96. The lowest BCUT2D eigenvalue weighted by Crippen LogP contribution is -2.43. The van der Waals surface area contributed by atoms with E-state index in [1.807, 2.05) is 6.20 Å². The van der Waals surface area contributed by atoms with Gasteiger partial charge in [0.25, 0.3) is 0 Å². The van der Waals surface area contributed by atoms with E-state index in [4.69, 9.17) is 11.5 Å². The van der Waals surface area contributed by atoms with E-state index in [2.05, 4.69) is 28.1 Å². The number of nitrogens with two attached hydrogens (primary N) is 2. The van der Waals surface area contributed by atoms with E-state index in [9.17, 15) is 0 Å². The molecule has 4 rings (SSSR count). The Hall–Kier alpha value is -1.81. The summed E-state index contributed by atoms with van der Waals surface area (Å²) < 4.78 is 0. The molecule has 0 spiro atoms. The van der Waals surface area contributed by atoms with Crippen molar-refractivity contribution in [3.63, 3.8) is 0 Å². The van der Waals surface area contributed by atoms with Crippen LogP contribution >= 0.6 is 0 Å². The van der Waals surface area contributed by atoms with Crippen molar-refractivity contribution < 1.29 is 0 Å². The maximum atomic E-state index is 6.07. The first-order valence-electron chi connectivity index (χ1n) is 7.92. The van der Waals surface area contributed by atoms with Gasteiger partial charge < -0.3 is 16.4 Å². The molecule has 4 N–H and O–H groups in total. The molecule has 1 aliphatic carbocycles. The summed E-state index contributed by atoms with van der Waals surface area (Å²) in [7, 11) is 0. The van der Waals surface area contributed by atoms with E-state index in [1.54, 1.807) is 0 Å². The van der Waals surface area contributed by atoms with E-state index in [0.717, 1.165) is 31.2 Å². The molecule has 21 heavy (non-hydrogen) atoms. The van der Waals surface area contributed by atoms with Crippen LogP contribution in [0.15, 0.2) is 24.4 Å². The number of hydrogen-bond acceptors (Lipinski definition) is 4. The molecule has 1 fully saturated rings. The van der Waals surface area contributed by atoms with Crippen LogP contribution in [0.4, 0.5) is 11.5 Å². The summed E-state index contributed by atoms with van der Waals surface area (Å²) in [5.41, 5.74) is 14.8. The zero-order chi connectivity index (χ0) is 14.4. The summed E-state index contributed by atoms with van der Waals surface area (Å²) >= 11 is 0. The van der Waals surface area contributed by atoms with Crippen LogP contribution in [0.25, 0.3) is 10.8 Å². The van der Waals surface area contributed by atoms with Crippen LogP contribution < -0.4 is 16.4 Å². The van der Waals surface area contributed by atoms with Crippen molar-refractivity contribution in [1.29, 1.82) is 0 Å². The van der Waals surface area contributed by atoms with Gasteiger partial charge in [-0.1, -0.05) is 12.1 Å². The lowest BCUT2D eigenvalue weighted by Gasteiger charge is -2.40. The van der Waals surface area contributed by atoms with Crippen molar-refractivity contribution in [1.82, 2.24) is 4.98 Å². The summed E-state index contributed by atoms with van der Waals surface area (Å²) in [6.45, 7) is 1.08. The van der Waals surface area contributed by atoms with E-state index in [0.29, 0.717) is 17.9 Å². The lowest BCUT2D eigenvalue weighted by atomic mass is 9.88. The molecule has 1 aromatic carbocycles. The van der Waals surface area contributed by atoms with Crippen molar-refractivity contribution >= 4 is 22.3 Å². The maximum absolute atomic E-state index is 6.07. The number of rotatable bonds is 1. The molecule has 110 valence electrons. The predicted octanol–water partition coefficient (Wildman–Crippen LogP) is 2.45. The zero-order valence-corrected chi connectivity index (χ0v) is 12.3. The van der Waals surface area contributed by atoms with Gasteiger partial charge >= 0.3 is 0 Å². The number of nitrogens with zero attached hydrogens (tertiary/aromatic N) is 2. The molecular weight excluding hydrogens is 260 g/mol. The van der Waals surface area contributed by atoms with Gasteiger partial charge in [-0.25, -0.2) is 4.98 Å². The quantitative estimate of drug-likeness (QED) is 0.843. The normalized spacial score (nSPS) is 25.3. The van der Waals surface area contributed by atoms with Crippen LogP contribution in [0.5, 0.6) is 0 Å². The Bertz CT molecular complexity index is 674. The number of hydrogen-bond donors (Lipinski definition) is 2. The van der Waals surface area contributed by atoms with E-state index < -0.39 is 0 Å². The summed E-state index contributed by atoms with van der Waals surface area (Å²) in [4.78, 5) is 6.93. The molecule has 0 atom stereocenters. The minimum absolute atomic E-state index is 0.397. The number of pyridine rings is 1. The molecule has 1 aromatic heterocycles. The highest BCUT2D eigenvalue weighted by atomic mass is 15.2. The molecule has 0 radical (unpaired) electrons. The van der Waals surface area contributed by atoms with Gasteiger partial charge in [-0.05, 0) is 43.7 Å². The molecule has 1 aliphatic heterocycles. The first-order valence-corrected chi connectivity index (χ1v) is 7.92. The third-order valence-electron chi connectivity index (χ3n) is 5.11. The van der Waals surface area contributed by atoms with Gasteiger partial charge in [0.15, 0.2) is 0 Å². The molecule has 0 bridgehead atoms. The van der Waals surface area contributed by atoms with Crippen molar-refractivity contribution in [2.24, 2.45) is 5.73 Å². The number of benzene rings is 1. The van der Waals surface area contributed by atoms with Crippen LogP contribution in [-0.2, 0) is 6.42 Å². The van der Waals surface area contributed by atoms with Crippen LogP contribution in [0.2, 0.25) is 0 Å². The summed E-state index contributed by atoms with van der Waals surface area (Å²) in [6, 6.07) is 7.45. The van der Waals surface area contributed by atoms with Gasteiger partial charge in [0.2, 0.25) is 0 Å². The summed E-state index contributed by atoms with van der Waals surface area (Å²) in [5.74, 6) is 0.642. The minimum Gasteiger partial charge on any atom is -0.383 e. The van der Waals surface area contributed by atoms with Gasteiger partial charge in [0.1, 0.15) is 5.82 Å². The molecule has 0 unspecified atom stereocenters. The number of aromatic nitrogens is 1. The largest absolute Gasteiger partial charge is 0.383 e. The van der Waals surface area contributed by atoms with Crippen LogP contribution in [0, 0.1) is 0 Å². The first-order chi connectivity index (χ1) is 10.2. The second-order valence-corrected chi connectivity index (χ2v) is 6.38. The lowest BCUT2D eigenvalue weighted by molar-refractivity contribution is 0.375. The van der Waals surface area contributed by atoms with Gasteiger partial charge in [-0.3, -0.25) is 0 Å². The highest BCUT2D eigenvalue weighted by molar-refractivity contribution is 6.02. The van der Waals surface area contributed by atoms with Crippen molar-refractivity contribution in [2.45, 2.75) is 44.2 Å². The van der Waals surface area contributed by atoms with E-state index >= 15 is 0 Å². The fraction of sp³-hybridized carbons (Fsp3) is 0.471. The third-order valence-corrected chi connectivity index (χ3v) is 5.11. The van der Waals surface area contributed by atoms with Gasteiger partial charge in [-0.2, -0.15) is 0 Å². The monoisotopic (exact) mass is 282 g/mol. The Kier molecular flexibility index (Phi) is 3.00. The topological polar surface area (TPSA) is 68.2 Å². The average molecular weight is 282 g/mol. The van der Waals surface area contributed by atoms with Gasteiger partial charge in [0, 0.05) is 41.3 Å². The number of anilines is 2. The van der Waals surface area contributed by atoms with Crippen molar-refractivity contribution in [2.75, 3.05) is 17.2 Å². The van der Waals surface area contributed by atoms with Crippen molar-refractivity contribution in [3.05, 3.63) is 30.0 Å². The summed E-state index contributed by atoms with van der Waals surface area (Å²) in [6.07, 6.45) is 7.70. The van der Waals surface area contributed by atoms with E-state index in [1.165, 1.54) is 29.5 Å². The molecule has 2 aliphatic rings. The maximum Gasteiger partial charge on any atom is 0.131 e. The zero-order valence-electron chi connectivity index (χ0n) is 12.3. The molecule has 0 saturated heterocycles. The Morgan fingerprint density at radius 1 is 1.14 bits per heavy atom. The number of nitrogen functional groups attached to an aromatic ring is 1. The minimum atomic E-state index is 0.397. The Morgan fingerprint density at radius 2 is 1.95 bits per heavy atom. The van der Waals surface area contributed by atoms with Crippen LogP contribution in [0.3, 0.4) is 0 Å². The Labute approximate surface area is 125 Å². The standard InChI is InChI=1S/C17H22N4/c18-12-4-6-13(7-5-12)21-9-8-11-10-20-17(19)14-2-1-3-15(21)16(11)14/h1-3,10,12-13H,4-9,18H2,(H2,19,20). The molecule has 4 heteroatoms. The molecule has 4 nitrogen and oxygen atoms in total. The second kappa shape index (κ2) is 4.88. The smallest absolute Gasteiger partial charge is 0.131 e. The SMILES string of the molecule is Nc1ncc2c3c(cccc13)N(C1CCC(N)CC1)CC2. The van der Waals surface area contributed by atoms with Crippen LogP contribution in [-0.4, -0.2) is 23.6 Å². The molecular formula is C17H22N4. The Morgan fingerprint density at radius 3 is 2.76 bits per heavy atom. The highest BCUT2D eigenvalue weighted by Gasteiger charge is 2.28. The summed E-state index contributed by atoms with van der Waals surface area (Å²) in [5, 5.41) is 2.41. The average Bonchev–Trinajstić information content (AvgIpc) is 2.52. The van der Waals surface area contributed by atoms with Gasteiger partial charge in [-0.15, -0.1) is 0 Å². The third kappa shape index (κ3) is 2.05. The predicted molar refractivity (Wildman–Crippen MR) is 87.4 cm³/mol. The first kappa shape index (κ1) is 12.9. The molecule has 2 aromatic rings.